The molecule has 1 saturated carbocycles. The third-order valence-electron chi connectivity index (χ3n) is 4.31. The van der Waals surface area contributed by atoms with Crippen LogP contribution in [0.5, 0.6) is 0 Å². The quantitative estimate of drug-likeness (QED) is 0.837. The Morgan fingerprint density at radius 2 is 2.37 bits per heavy atom. The average molecular weight is 260 g/mol. The number of piperidine rings is 1. The van der Waals surface area contributed by atoms with Gasteiger partial charge in [-0.3, -0.25) is 5.32 Å². The average Bonchev–Trinajstić information content (AvgIpc) is 3.16. The van der Waals surface area contributed by atoms with Crippen molar-refractivity contribution in [3.8, 4) is 0 Å². The fourth-order valence-corrected chi connectivity index (χ4v) is 3.31. The maximum atomic E-state index is 11.4. The van der Waals surface area contributed by atoms with Crippen LogP contribution >= 0.6 is 0 Å². The van der Waals surface area contributed by atoms with Crippen molar-refractivity contribution in [1.29, 1.82) is 0 Å². The number of fused-ring (bicyclic) bond motifs is 2. The van der Waals surface area contributed by atoms with Crippen LogP contribution < -0.4 is 10.2 Å². The highest BCUT2D eigenvalue weighted by Crippen LogP contribution is 2.47. The molecule has 6 heteroatoms. The van der Waals surface area contributed by atoms with Gasteiger partial charge in [-0.1, -0.05) is 0 Å². The summed E-state index contributed by atoms with van der Waals surface area (Å²) >= 11 is 0. The minimum absolute atomic E-state index is 0.293. The van der Waals surface area contributed by atoms with E-state index in [1.165, 1.54) is 25.6 Å². The molecule has 0 radical (unpaired) electrons. The van der Waals surface area contributed by atoms with E-state index in [1.807, 2.05) is 6.92 Å². The van der Waals surface area contributed by atoms with Gasteiger partial charge in [0.25, 0.3) is 0 Å². The van der Waals surface area contributed by atoms with E-state index in [1.54, 1.807) is 0 Å². The van der Waals surface area contributed by atoms with Crippen LogP contribution in [-0.4, -0.2) is 28.6 Å². The van der Waals surface area contributed by atoms with E-state index < -0.39 is 6.09 Å². The van der Waals surface area contributed by atoms with Crippen LogP contribution in [0.25, 0.3) is 0 Å². The molecule has 0 spiro atoms. The number of nitrogens with zero attached hydrogens (tertiary/aromatic N) is 3. The van der Waals surface area contributed by atoms with Gasteiger partial charge in [0.05, 0.1) is 5.56 Å². The van der Waals surface area contributed by atoms with Gasteiger partial charge in [0.15, 0.2) is 0 Å². The molecule has 1 N–H and O–H groups in total. The van der Waals surface area contributed by atoms with Gasteiger partial charge in [-0.2, -0.15) is 0 Å². The summed E-state index contributed by atoms with van der Waals surface area (Å²) in [6.07, 6.45) is 4.60. The first-order chi connectivity index (χ1) is 9.24. The lowest BCUT2D eigenvalue weighted by Gasteiger charge is -2.32. The number of nitrogens with one attached hydrogen (secondary N) is 1. The molecule has 19 heavy (non-hydrogen) atoms. The van der Waals surface area contributed by atoms with Crippen molar-refractivity contribution < 1.29 is 9.53 Å². The monoisotopic (exact) mass is 260 g/mol. The molecular weight excluding hydrogens is 244 g/mol. The predicted molar refractivity (Wildman–Crippen MR) is 69.0 cm³/mol. The molecule has 1 aliphatic carbocycles. The van der Waals surface area contributed by atoms with Crippen LogP contribution in [0.3, 0.4) is 0 Å². The normalized spacial score (nSPS) is 31.9. The molecule has 2 aliphatic heterocycles. The maximum absolute atomic E-state index is 11.4. The number of hydrogen-bond donors (Lipinski definition) is 1. The van der Waals surface area contributed by atoms with Gasteiger partial charge in [-0.05, 0) is 32.1 Å². The summed E-state index contributed by atoms with van der Waals surface area (Å²) in [6, 6.07) is 0.623. The summed E-state index contributed by atoms with van der Waals surface area (Å²) in [5.74, 6) is 2.36. The van der Waals surface area contributed by atoms with Crippen LogP contribution in [0.1, 0.15) is 37.9 Å². The van der Waals surface area contributed by atoms with Crippen LogP contribution in [0, 0.1) is 5.92 Å². The van der Waals surface area contributed by atoms with Crippen molar-refractivity contribution in [3.63, 3.8) is 0 Å². The van der Waals surface area contributed by atoms with E-state index in [2.05, 4.69) is 20.2 Å². The highest BCUT2D eigenvalue weighted by atomic mass is 16.6. The zero-order valence-electron chi connectivity index (χ0n) is 10.8. The fraction of sp³-hybridized carbons (Fsp3) is 0.615. The standard InChI is InChI=1S/C13H16N4O2/c1-7-10-11(16-13(18)19-7)14-6-15-12(10)17-4-2-3-8-5-9(8)17/h6-9H,2-5H2,1H3,(H,14,15,16,18)/t7-,8?,9?/m1/s1. The minimum Gasteiger partial charge on any atom is -0.441 e. The minimum atomic E-state index is -0.437. The Hall–Kier alpha value is -1.85. The molecule has 100 valence electrons. The first-order valence-corrected chi connectivity index (χ1v) is 6.83. The molecule has 3 heterocycles. The summed E-state index contributed by atoms with van der Waals surface area (Å²) < 4.78 is 5.24. The maximum Gasteiger partial charge on any atom is 0.413 e. The van der Waals surface area contributed by atoms with E-state index in [-0.39, 0.29) is 6.10 Å². The Labute approximate surface area is 111 Å². The highest BCUT2D eigenvalue weighted by molar-refractivity contribution is 5.88. The second kappa shape index (κ2) is 3.82. The number of amides is 1. The summed E-state index contributed by atoms with van der Waals surface area (Å²) in [4.78, 5) is 22.4. The lowest BCUT2D eigenvalue weighted by atomic mass is 10.1. The topological polar surface area (TPSA) is 67.3 Å². The molecule has 0 bridgehead atoms. The van der Waals surface area contributed by atoms with Crippen molar-refractivity contribution in [2.24, 2.45) is 5.92 Å². The molecular formula is C13H16N4O2. The number of aromatic nitrogens is 2. The molecule has 1 amide bonds. The van der Waals surface area contributed by atoms with Gasteiger partial charge in [-0.25, -0.2) is 14.8 Å². The molecule has 2 unspecified atom stereocenters. The van der Waals surface area contributed by atoms with Crippen LogP contribution in [0.15, 0.2) is 6.33 Å². The second-order valence-corrected chi connectivity index (χ2v) is 5.53. The predicted octanol–water partition coefficient (Wildman–Crippen LogP) is 2.09. The third kappa shape index (κ3) is 1.66. The molecule has 3 atom stereocenters. The van der Waals surface area contributed by atoms with Gasteiger partial charge in [0.1, 0.15) is 24.1 Å². The second-order valence-electron chi connectivity index (χ2n) is 5.53. The van der Waals surface area contributed by atoms with Crippen LogP contribution in [0.2, 0.25) is 0 Å². The molecule has 4 rings (SSSR count). The van der Waals surface area contributed by atoms with Crippen molar-refractivity contribution in [2.45, 2.75) is 38.3 Å². The fourth-order valence-electron chi connectivity index (χ4n) is 3.31. The first kappa shape index (κ1) is 11.0. The summed E-state index contributed by atoms with van der Waals surface area (Å²) in [5.41, 5.74) is 0.912. The van der Waals surface area contributed by atoms with E-state index in [9.17, 15) is 4.79 Å². The molecule has 3 aliphatic rings. The van der Waals surface area contributed by atoms with Gasteiger partial charge >= 0.3 is 6.09 Å². The number of rotatable bonds is 1. The smallest absolute Gasteiger partial charge is 0.413 e. The van der Waals surface area contributed by atoms with Crippen LogP contribution in [-0.2, 0) is 4.74 Å². The summed E-state index contributed by atoms with van der Waals surface area (Å²) in [7, 11) is 0. The van der Waals surface area contributed by atoms with E-state index in [0.29, 0.717) is 11.9 Å². The lowest BCUT2D eigenvalue weighted by molar-refractivity contribution is 0.116. The Balaban J connectivity index is 1.76. The Kier molecular flexibility index (Phi) is 2.22. The number of anilines is 2. The number of carbonyl (C=O) groups is 1. The summed E-state index contributed by atoms with van der Waals surface area (Å²) in [5, 5.41) is 2.66. The number of carbonyl (C=O) groups excluding carboxylic acids is 1. The Morgan fingerprint density at radius 3 is 3.26 bits per heavy atom. The van der Waals surface area contributed by atoms with Crippen molar-refractivity contribution in [2.75, 3.05) is 16.8 Å². The molecule has 2 fully saturated rings. The molecule has 1 saturated heterocycles. The SMILES string of the molecule is C[C@H]1OC(=O)Nc2ncnc(N3CCCC4CC43)c21. The Bertz CT molecular complexity index is 547. The van der Waals surface area contributed by atoms with Gasteiger partial charge in [0, 0.05) is 12.6 Å². The number of hydrogen-bond acceptors (Lipinski definition) is 5. The lowest BCUT2D eigenvalue weighted by Crippen LogP contribution is -2.35. The first-order valence-electron chi connectivity index (χ1n) is 6.83. The Morgan fingerprint density at radius 1 is 1.47 bits per heavy atom. The van der Waals surface area contributed by atoms with E-state index in [0.717, 1.165) is 23.8 Å². The highest BCUT2D eigenvalue weighted by Gasteiger charge is 2.46. The van der Waals surface area contributed by atoms with E-state index in [4.69, 9.17) is 4.74 Å². The number of cyclic esters (lactones) is 1. The third-order valence-corrected chi connectivity index (χ3v) is 4.31. The number of ether oxygens (including phenoxy) is 1. The van der Waals surface area contributed by atoms with Crippen molar-refractivity contribution >= 4 is 17.7 Å². The molecule has 0 aromatic carbocycles. The van der Waals surface area contributed by atoms with E-state index >= 15 is 0 Å². The molecule has 1 aromatic heterocycles. The zero-order valence-corrected chi connectivity index (χ0v) is 10.8. The van der Waals surface area contributed by atoms with Crippen molar-refractivity contribution in [3.05, 3.63) is 11.9 Å². The largest absolute Gasteiger partial charge is 0.441 e. The van der Waals surface area contributed by atoms with Gasteiger partial charge < -0.3 is 9.64 Å². The zero-order chi connectivity index (χ0) is 13.0. The van der Waals surface area contributed by atoms with Gasteiger partial charge in [0.2, 0.25) is 0 Å². The van der Waals surface area contributed by atoms with Crippen molar-refractivity contribution in [1.82, 2.24) is 9.97 Å². The molecule has 6 nitrogen and oxygen atoms in total. The molecule has 1 aromatic rings. The van der Waals surface area contributed by atoms with Gasteiger partial charge in [-0.15, -0.1) is 0 Å². The summed E-state index contributed by atoms with van der Waals surface area (Å²) in [6.45, 7) is 2.91. The van der Waals surface area contributed by atoms with Crippen LogP contribution in [0.4, 0.5) is 16.4 Å².